The SMILES string of the molecule is COc1ccccc1COCCCOC1=CCC([C@H]2[C@H](CO)CNCI2OCc2cc(OC)c3ccccc3c2)C=C1. The third kappa shape index (κ3) is 7.85. The Kier molecular flexibility index (Phi) is 11.5. The first-order valence-corrected chi connectivity index (χ1v) is 18.2. The molecule has 3 atom stereocenters. The summed E-state index contributed by atoms with van der Waals surface area (Å²) in [5, 5.41) is 16.1. The summed E-state index contributed by atoms with van der Waals surface area (Å²) in [6.07, 6.45) is 8.29. The zero-order chi connectivity index (χ0) is 29.1. The average molecular weight is 688 g/mol. The van der Waals surface area contributed by atoms with Gasteiger partial charge in [-0.05, 0) is 6.07 Å². The Hall–Kier alpha value is -2.63. The van der Waals surface area contributed by atoms with Crippen molar-refractivity contribution in [2.45, 2.75) is 30.0 Å². The molecule has 1 aliphatic carbocycles. The van der Waals surface area contributed by atoms with Gasteiger partial charge >= 0.3 is 216 Å². The van der Waals surface area contributed by atoms with Gasteiger partial charge in [-0.3, -0.25) is 0 Å². The number of nitrogens with one attached hydrogen (secondary N) is 1. The Morgan fingerprint density at radius 3 is 2.60 bits per heavy atom. The van der Waals surface area contributed by atoms with Crippen LogP contribution in [0.1, 0.15) is 24.0 Å². The fourth-order valence-corrected chi connectivity index (χ4v) is 11.5. The second-order valence-electron chi connectivity index (χ2n) is 10.5. The summed E-state index contributed by atoms with van der Waals surface area (Å²) in [6.45, 7) is 3.32. The zero-order valence-electron chi connectivity index (χ0n) is 24.5. The maximum atomic E-state index is 10.3. The van der Waals surface area contributed by atoms with Crippen LogP contribution in [0.5, 0.6) is 11.5 Å². The van der Waals surface area contributed by atoms with E-state index in [1.54, 1.807) is 14.2 Å². The molecule has 1 fully saturated rings. The molecule has 0 saturated carbocycles. The van der Waals surface area contributed by atoms with Crippen LogP contribution in [0.3, 0.4) is 0 Å². The number of para-hydroxylation sites is 1. The summed E-state index contributed by atoms with van der Waals surface area (Å²) >= 11 is -1.91. The van der Waals surface area contributed by atoms with Crippen molar-refractivity contribution in [2.24, 2.45) is 11.8 Å². The van der Waals surface area contributed by atoms with E-state index in [-0.39, 0.29) is 12.5 Å². The van der Waals surface area contributed by atoms with Crippen molar-refractivity contribution in [3.8, 4) is 11.5 Å². The molecule has 2 aliphatic rings. The number of allylic oxidation sites excluding steroid dienone is 3. The van der Waals surface area contributed by atoms with Crippen molar-refractivity contribution in [1.29, 1.82) is 0 Å². The molecule has 0 spiro atoms. The number of hydrogen-bond acceptors (Lipinski definition) is 7. The molecule has 8 heteroatoms. The molecule has 1 heterocycles. The van der Waals surface area contributed by atoms with Gasteiger partial charge in [0.1, 0.15) is 5.75 Å². The van der Waals surface area contributed by atoms with Crippen LogP contribution < -0.4 is 14.8 Å². The number of hydrogen-bond donors (Lipinski definition) is 2. The Balaban J connectivity index is 1.11. The number of alkyl halides is 2. The molecule has 1 aliphatic heterocycles. The molecule has 0 bridgehead atoms. The Bertz CT molecular complexity index is 1360. The van der Waals surface area contributed by atoms with Crippen LogP contribution in [0.15, 0.2) is 84.7 Å². The molecule has 1 saturated heterocycles. The topological polar surface area (TPSA) is 78.4 Å². The standard InChI is InChI=1S/C34H42INO6/c1-38-32-11-6-4-9-28(32)23-40-16-7-17-41-30-14-12-26(13-15-30)34-29(21-37)20-36-24-35(34)42-22-25-18-27-8-3-5-10-31(27)33(19-25)39-2/h3-6,8-12,14-15,18-19,26,29,34,36-37H,7,13,16-17,20-24H2,1-2H3/t26?,29-,34-/m0/s1. The molecule has 2 N–H and O–H groups in total. The second-order valence-corrected chi connectivity index (χ2v) is 15.4. The van der Waals surface area contributed by atoms with Crippen LogP contribution in [0.25, 0.3) is 10.8 Å². The number of aliphatic hydroxyl groups is 1. The van der Waals surface area contributed by atoms with Crippen LogP contribution >= 0.6 is 20.2 Å². The van der Waals surface area contributed by atoms with Gasteiger partial charge in [-0.1, -0.05) is 18.2 Å². The van der Waals surface area contributed by atoms with Gasteiger partial charge in [-0.15, -0.1) is 0 Å². The van der Waals surface area contributed by atoms with E-state index in [4.69, 9.17) is 22.0 Å². The fourth-order valence-electron chi connectivity index (χ4n) is 5.58. The number of aliphatic hydroxyl groups excluding tert-OH is 1. The number of methoxy groups -OCH3 is 2. The molecule has 0 radical (unpaired) electrons. The molecule has 226 valence electrons. The minimum atomic E-state index is -1.91. The Morgan fingerprint density at radius 2 is 1.79 bits per heavy atom. The molecule has 0 amide bonds. The molecule has 0 aromatic heterocycles. The monoisotopic (exact) mass is 687 g/mol. The van der Waals surface area contributed by atoms with Crippen LogP contribution in [0.2, 0.25) is 0 Å². The molecule has 42 heavy (non-hydrogen) atoms. The molecule has 3 aromatic rings. The van der Waals surface area contributed by atoms with Crippen molar-refractivity contribution >= 4 is 31.0 Å². The molecular weight excluding hydrogens is 645 g/mol. The minimum absolute atomic E-state index is 0.172. The molecule has 5 rings (SSSR count). The summed E-state index contributed by atoms with van der Waals surface area (Å²) in [7, 11) is 3.39. The van der Waals surface area contributed by atoms with Gasteiger partial charge in [-0.2, -0.15) is 0 Å². The van der Waals surface area contributed by atoms with Gasteiger partial charge in [0.2, 0.25) is 0 Å². The number of fused-ring (bicyclic) bond motifs is 1. The zero-order valence-corrected chi connectivity index (χ0v) is 26.6. The van der Waals surface area contributed by atoms with E-state index in [9.17, 15) is 5.11 Å². The van der Waals surface area contributed by atoms with Crippen LogP contribution in [0, 0.1) is 11.8 Å². The Labute approximate surface area is 256 Å². The van der Waals surface area contributed by atoms with Crippen molar-refractivity contribution in [3.05, 3.63) is 95.8 Å². The average Bonchev–Trinajstić information content (AvgIpc) is 3.05. The van der Waals surface area contributed by atoms with E-state index < -0.39 is 20.2 Å². The van der Waals surface area contributed by atoms with Crippen LogP contribution in [-0.2, 0) is 25.8 Å². The number of benzene rings is 3. The number of rotatable bonds is 14. The van der Waals surface area contributed by atoms with E-state index >= 15 is 0 Å². The summed E-state index contributed by atoms with van der Waals surface area (Å²) in [5.74, 6) is 3.18. The van der Waals surface area contributed by atoms with Gasteiger partial charge in [0.05, 0.1) is 7.11 Å². The van der Waals surface area contributed by atoms with Gasteiger partial charge in [0.25, 0.3) is 0 Å². The first-order valence-electron chi connectivity index (χ1n) is 14.6. The third-order valence-electron chi connectivity index (χ3n) is 7.72. The molecule has 1 unspecified atom stereocenters. The van der Waals surface area contributed by atoms with Crippen molar-refractivity contribution < 1.29 is 27.1 Å². The Morgan fingerprint density at radius 1 is 0.952 bits per heavy atom. The molecule has 3 aromatic carbocycles. The molecular formula is C34H42INO6. The van der Waals surface area contributed by atoms with E-state index in [0.29, 0.717) is 36.3 Å². The van der Waals surface area contributed by atoms with Gasteiger partial charge in [0.15, 0.2) is 0 Å². The summed E-state index contributed by atoms with van der Waals surface area (Å²) in [4.78, 5) is 0. The number of ether oxygens (including phenoxy) is 4. The van der Waals surface area contributed by atoms with Crippen LogP contribution in [-0.4, -0.2) is 54.2 Å². The third-order valence-corrected chi connectivity index (χ3v) is 13.7. The first-order chi connectivity index (χ1) is 20.7. The van der Waals surface area contributed by atoms with E-state index in [0.717, 1.165) is 63.1 Å². The summed E-state index contributed by atoms with van der Waals surface area (Å²) in [6, 6.07) is 20.5. The second kappa shape index (κ2) is 15.7. The van der Waals surface area contributed by atoms with Gasteiger partial charge in [-0.25, -0.2) is 0 Å². The first kappa shape index (κ1) is 30.8. The predicted molar refractivity (Wildman–Crippen MR) is 175 cm³/mol. The number of halogens is 1. The predicted octanol–water partition coefficient (Wildman–Crippen LogP) is 6.42. The van der Waals surface area contributed by atoms with Crippen molar-refractivity contribution in [3.63, 3.8) is 0 Å². The van der Waals surface area contributed by atoms with Crippen molar-refractivity contribution in [2.75, 3.05) is 45.1 Å². The quantitative estimate of drug-likeness (QED) is 0.0878. The fraction of sp³-hybridized carbons (Fsp3) is 0.412. The summed E-state index contributed by atoms with van der Waals surface area (Å²) < 4.78 is 30.9. The van der Waals surface area contributed by atoms with E-state index in [2.05, 4.69) is 47.8 Å². The maximum absolute atomic E-state index is 10.3. The van der Waals surface area contributed by atoms with Gasteiger partial charge < -0.3 is 4.74 Å². The van der Waals surface area contributed by atoms with Gasteiger partial charge in [0, 0.05) is 0 Å². The van der Waals surface area contributed by atoms with Crippen LogP contribution in [0.4, 0.5) is 0 Å². The van der Waals surface area contributed by atoms with E-state index in [1.165, 1.54) is 0 Å². The normalized spacial score (nSPS) is 21.3. The van der Waals surface area contributed by atoms with E-state index in [1.807, 2.05) is 36.4 Å². The summed E-state index contributed by atoms with van der Waals surface area (Å²) in [5.41, 5.74) is 2.17. The molecule has 7 nitrogen and oxygen atoms in total. The van der Waals surface area contributed by atoms with Crippen molar-refractivity contribution in [1.82, 2.24) is 5.32 Å².